The minimum Gasteiger partial charge on any atom is -0.352 e. The average Bonchev–Trinajstić information content (AvgIpc) is 2.61. The van der Waals surface area contributed by atoms with Crippen LogP contribution in [-0.2, 0) is 4.79 Å². The zero-order chi connectivity index (χ0) is 14.8. The summed E-state index contributed by atoms with van der Waals surface area (Å²) < 4.78 is 35.7. The van der Waals surface area contributed by atoms with Crippen molar-refractivity contribution in [2.45, 2.75) is 70.0 Å². The highest BCUT2D eigenvalue weighted by Gasteiger charge is 2.25. The van der Waals surface area contributed by atoms with E-state index in [1.54, 1.807) is 0 Å². The molecule has 0 unspecified atom stereocenters. The zero-order valence-electron chi connectivity index (χ0n) is 11.9. The third kappa shape index (κ3) is 9.18. The van der Waals surface area contributed by atoms with E-state index in [-0.39, 0.29) is 24.9 Å². The predicted molar refractivity (Wildman–Crippen MR) is 72.4 cm³/mol. The highest BCUT2D eigenvalue weighted by Crippen LogP contribution is 2.21. The number of nitrogens with one attached hydrogen (secondary N) is 2. The topological polar surface area (TPSA) is 41.1 Å². The highest BCUT2D eigenvalue weighted by atomic mass is 19.4. The van der Waals surface area contributed by atoms with Gasteiger partial charge >= 0.3 is 6.18 Å². The summed E-state index contributed by atoms with van der Waals surface area (Å²) in [5, 5.41) is 5.89. The third-order valence-electron chi connectivity index (χ3n) is 3.57. The van der Waals surface area contributed by atoms with Crippen LogP contribution in [0.1, 0.15) is 57.8 Å². The molecule has 20 heavy (non-hydrogen) atoms. The molecule has 0 radical (unpaired) electrons. The van der Waals surface area contributed by atoms with E-state index < -0.39 is 12.6 Å². The van der Waals surface area contributed by atoms with Gasteiger partial charge in [-0.2, -0.15) is 13.2 Å². The first-order valence-corrected chi connectivity index (χ1v) is 7.54. The molecule has 1 aliphatic rings. The van der Waals surface area contributed by atoms with Gasteiger partial charge in [-0.05, 0) is 32.2 Å². The van der Waals surface area contributed by atoms with Crippen molar-refractivity contribution in [1.29, 1.82) is 0 Å². The van der Waals surface area contributed by atoms with E-state index in [2.05, 4.69) is 10.6 Å². The lowest BCUT2D eigenvalue weighted by atomic mass is 10.1. The van der Waals surface area contributed by atoms with Gasteiger partial charge in [0.05, 0.1) is 6.54 Å². The molecule has 0 aromatic carbocycles. The van der Waals surface area contributed by atoms with Crippen LogP contribution in [0.3, 0.4) is 0 Å². The Morgan fingerprint density at radius 2 is 1.70 bits per heavy atom. The second-order valence-electron chi connectivity index (χ2n) is 5.51. The molecular weight excluding hydrogens is 269 g/mol. The number of halogens is 3. The summed E-state index contributed by atoms with van der Waals surface area (Å²) in [5.41, 5.74) is 0. The monoisotopic (exact) mass is 294 g/mol. The van der Waals surface area contributed by atoms with Crippen molar-refractivity contribution >= 4 is 5.91 Å². The normalized spacial score (nSPS) is 17.8. The fourth-order valence-corrected chi connectivity index (χ4v) is 2.48. The quantitative estimate of drug-likeness (QED) is 0.559. The molecule has 1 fully saturated rings. The fraction of sp³-hybridized carbons (Fsp3) is 0.929. The number of amides is 1. The van der Waals surface area contributed by atoms with Crippen molar-refractivity contribution in [2.24, 2.45) is 0 Å². The molecule has 0 spiro atoms. The molecule has 1 amide bonds. The molecule has 0 aromatic heterocycles. The number of hydrogen-bond acceptors (Lipinski definition) is 2. The zero-order valence-corrected chi connectivity index (χ0v) is 11.9. The van der Waals surface area contributed by atoms with E-state index in [0.717, 1.165) is 25.7 Å². The first kappa shape index (κ1) is 17.3. The van der Waals surface area contributed by atoms with Crippen LogP contribution in [0.2, 0.25) is 0 Å². The molecular formula is C14H25F3N2O. The minimum atomic E-state index is -4.07. The number of hydrogen-bond donors (Lipinski definition) is 2. The van der Waals surface area contributed by atoms with E-state index in [0.29, 0.717) is 13.0 Å². The Morgan fingerprint density at radius 1 is 1.05 bits per heavy atom. The van der Waals surface area contributed by atoms with Gasteiger partial charge < -0.3 is 10.6 Å². The van der Waals surface area contributed by atoms with Crippen molar-refractivity contribution < 1.29 is 18.0 Å². The van der Waals surface area contributed by atoms with Gasteiger partial charge in [-0.25, -0.2) is 0 Å². The van der Waals surface area contributed by atoms with Gasteiger partial charge in [0.1, 0.15) is 0 Å². The van der Waals surface area contributed by atoms with Crippen LogP contribution in [0.4, 0.5) is 13.2 Å². The van der Waals surface area contributed by atoms with Gasteiger partial charge in [0, 0.05) is 12.5 Å². The van der Waals surface area contributed by atoms with Gasteiger partial charge in [-0.15, -0.1) is 0 Å². The van der Waals surface area contributed by atoms with Crippen LogP contribution in [0, 0.1) is 0 Å². The lowest BCUT2D eigenvalue weighted by Crippen LogP contribution is -2.40. The van der Waals surface area contributed by atoms with Gasteiger partial charge in [-0.3, -0.25) is 4.79 Å². The molecule has 118 valence electrons. The standard InChI is InChI=1S/C14H25F3N2O/c15-14(16,17)9-5-6-10-18-11-13(20)19-12-7-3-1-2-4-8-12/h12,18H,1-11H2,(H,19,20). The summed E-state index contributed by atoms with van der Waals surface area (Å²) >= 11 is 0. The maximum absolute atomic E-state index is 11.9. The Kier molecular flexibility index (Phi) is 7.95. The van der Waals surface area contributed by atoms with Gasteiger partial charge in [0.2, 0.25) is 5.91 Å². The lowest BCUT2D eigenvalue weighted by molar-refractivity contribution is -0.135. The van der Waals surface area contributed by atoms with Crippen molar-refractivity contribution in [2.75, 3.05) is 13.1 Å². The van der Waals surface area contributed by atoms with Crippen molar-refractivity contribution in [1.82, 2.24) is 10.6 Å². The van der Waals surface area contributed by atoms with E-state index in [4.69, 9.17) is 0 Å². The van der Waals surface area contributed by atoms with Crippen molar-refractivity contribution in [3.05, 3.63) is 0 Å². The smallest absolute Gasteiger partial charge is 0.352 e. The molecule has 1 rings (SSSR count). The van der Waals surface area contributed by atoms with Gasteiger partial charge in [0.15, 0.2) is 0 Å². The Hall–Kier alpha value is -0.780. The number of carbonyl (C=O) groups excluding carboxylic acids is 1. The fourth-order valence-electron chi connectivity index (χ4n) is 2.48. The molecule has 0 saturated heterocycles. The largest absolute Gasteiger partial charge is 0.389 e. The highest BCUT2D eigenvalue weighted by molar-refractivity contribution is 5.78. The van der Waals surface area contributed by atoms with Crippen LogP contribution in [0.15, 0.2) is 0 Å². The number of unbranched alkanes of at least 4 members (excludes halogenated alkanes) is 1. The summed E-state index contributed by atoms with van der Waals surface area (Å²) in [5.74, 6) is -0.0484. The molecule has 0 aliphatic heterocycles. The van der Waals surface area contributed by atoms with E-state index in [9.17, 15) is 18.0 Å². The van der Waals surface area contributed by atoms with Crippen LogP contribution in [-0.4, -0.2) is 31.2 Å². The predicted octanol–water partition coefficient (Wildman–Crippen LogP) is 3.15. The van der Waals surface area contributed by atoms with E-state index in [1.807, 2.05) is 0 Å². The molecule has 2 N–H and O–H groups in total. The first-order chi connectivity index (χ1) is 9.47. The maximum atomic E-state index is 11.9. The van der Waals surface area contributed by atoms with E-state index >= 15 is 0 Å². The lowest BCUT2D eigenvalue weighted by Gasteiger charge is -2.16. The molecule has 3 nitrogen and oxygen atoms in total. The number of carbonyl (C=O) groups is 1. The Balaban J connectivity index is 1.99. The van der Waals surface area contributed by atoms with Gasteiger partial charge in [-0.1, -0.05) is 25.7 Å². The number of alkyl halides is 3. The molecule has 1 saturated carbocycles. The molecule has 6 heteroatoms. The molecule has 1 aliphatic carbocycles. The first-order valence-electron chi connectivity index (χ1n) is 7.54. The number of rotatable bonds is 7. The third-order valence-corrected chi connectivity index (χ3v) is 3.57. The maximum Gasteiger partial charge on any atom is 0.389 e. The summed E-state index contributed by atoms with van der Waals surface area (Å²) in [6, 6.07) is 0.275. The summed E-state index contributed by atoms with van der Waals surface area (Å²) in [7, 11) is 0. The Labute approximate surface area is 118 Å². The Morgan fingerprint density at radius 3 is 2.30 bits per heavy atom. The van der Waals surface area contributed by atoms with Crippen LogP contribution in [0.5, 0.6) is 0 Å². The second kappa shape index (κ2) is 9.21. The average molecular weight is 294 g/mol. The van der Waals surface area contributed by atoms with Crippen molar-refractivity contribution in [3.8, 4) is 0 Å². The molecule has 0 aromatic rings. The molecule has 0 bridgehead atoms. The van der Waals surface area contributed by atoms with Gasteiger partial charge in [0.25, 0.3) is 0 Å². The summed E-state index contributed by atoms with van der Waals surface area (Å²) in [4.78, 5) is 11.7. The van der Waals surface area contributed by atoms with Crippen molar-refractivity contribution in [3.63, 3.8) is 0 Å². The summed E-state index contributed by atoms with van der Waals surface area (Å²) in [6.45, 7) is 0.649. The van der Waals surface area contributed by atoms with E-state index in [1.165, 1.54) is 12.8 Å². The minimum absolute atomic E-state index is 0.0484. The molecule has 0 atom stereocenters. The Bertz CT molecular complexity index is 274. The summed E-state index contributed by atoms with van der Waals surface area (Å²) in [6.07, 6.45) is 2.62. The second-order valence-corrected chi connectivity index (χ2v) is 5.51. The SMILES string of the molecule is O=C(CNCCCCC(F)(F)F)NC1CCCCCC1. The van der Waals surface area contributed by atoms with Crippen LogP contribution in [0.25, 0.3) is 0 Å². The van der Waals surface area contributed by atoms with Crippen LogP contribution < -0.4 is 10.6 Å². The molecule has 0 heterocycles. The van der Waals surface area contributed by atoms with Crippen LogP contribution >= 0.6 is 0 Å².